The van der Waals surface area contributed by atoms with Crippen LogP contribution in [0.15, 0.2) is 21.3 Å². The van der Waals surface area contributed by atoms with Crippen molar-refractivity contribution in [1.82, 2.24) is 10.2 Å². The average molecular weight is 396 g/mol. The van der Waals surface area contributed by atoms with Crippen molar-refractivity contribution in [3.05, 3.63) is 39.2 Å². The summed E-state index contributed by atoms with van der Waals surface area (Å²) in [5.41, 5.74) is 3.33. The number of hydrogen-bond acceptors (Lipinski definition) is 5. The summed E-state index contributed by atoms with van der Waals surface area (Å²) in [7, 11) is 0. The standard InChI is InChI=1S/C23H28N2O4/c1-15-19(7-6-17-16-4-2-5-18(16)22(27)29-21(15)17)28-12-20(26)25-11-3-8-23(14-25)9-10-24-13-23/h6-7,24H,2-5,8-14H2,1H3. The number of nitrogens with zero attached hydrogens (tertiary/aromatic N) is 1. The zero-order valence-corrected chi connectivity index (χ0v) is 17.0. The normalized spacial score (nSPS) is 23.7. The molecule has 1 spiro atoms. The van der Waals surface area contributed by atoms with Crippen LogP contribution < -0.4 is 15.7 Å². The van der Waals surface area contributed by atoms with Gasteiger partial charge in [0.25, 0.3) is 5.91 Å². The van der Waals surface area contributed by atoms with Crippen molar-refractivity contribution in [3.8, 4) is 5.75 Å². The van der Waals surface area contributed by atoms with Gasteiger partial charge in [-0.25, -0.2) is 4.79 Å². The molecule has 1 aromatic carbocycles. The van der Waals surface area contributed by atoms with Crippen molar-refractivity contribution in [2.45, 2.75) is 45.4 Å². The lowest BCUT2D eigenvalue weighted by Crippen LogP contribution is -2.48. The van der Waals surface area contributed by atoms with E-state index >= 15 is 0 Å². The van der Waals surface area contributed by atoms with E-state index in [2.05, 4.69) is 5.32 Å². The highest BCUT2D eigenvalue weighted by Crippen LogP contribution is 2.36. The van der Waals surface area contributed by atoms with Gasteiger partial charge in [-0.15, -0.1) is 0 Å². The summed E-state index contributed by atoms with van der Waals surface area (Å²) in [5.74, 6) is 0.645. The van der Waals surface area contributed by atoms with Crippen molar-refractivity contribution in [2.75, 3.05) is 32.8 Å². The molecule has 5 rings (SSSR count). The van der Waals surface area contributed by atoms with Crippen LogP contribution in [0.3, 0.4) is 0 Å². The van der Waals surface area contributed by atoms with E-state index in [0.717, 1.165) is 80.4 Å². The molecule has 2 aromatic rings. The van der Waals surface area contributed by atoms with Gasteiger partial charge >= 0.3 is 5.63 Å². The number of benzene rings is 1. The summed E-state index contributed by atoms with van der Waals surface area (Å²) >= 11 is 0. The van der Waals surface area contributed by atoms with Crippen molar-refractivity contribution in [2.24, 2.45) is 5.41 Å². The third-order valence-electron chi connectivity index (χ3n) is 7.04. The van der Waals surface area contributed by atoms with E-state index in [1.165, 1.54) is 6.42 Å². The van der Waals surface area contributed by atoms with E-state index in [0.29, 0.717) is 11.3 Å². The first-order valence-corrected chi connectivity index (χ1v) is 10.8. The zero-order valence-electron chi connectivity index (χ0n) is 17.0. The molecule has 1 aliphatic carbocycles. The van der Waals surface area contributed by atoms with E-state index in [9.17, 15) is 9.59 Å². The van der Waals surface area contributed by atoms with Crippen LogP contribution in [0.5, 0.6) is 5.75 Å². The number of fused-ring (bicyclic) bond motifs is 3. The highest BCUT2D eigenvalue weighted by Gasteiger charge is 2.39. The maximum atomic E-state index is 12.8. The lowest BCUT2D eigenvalue weighted by Gasteiger charge is -2.40. The molecule has 1 atom stereocenters. The largest absolute Gasteiger partial charge is 0.483 e. The molecule has 0 bridgehead atoms. The number of hydrogen-bond donors (Lipinski definition) is 1. The number of carbonyl (C=O) groups is 1. The van der Waals surface area contributed by atoms with Gasteiger partial charge in [0, 0.05) is 41.6 Å². The van der Waals surface area contributed by atoms with E-state index < -0.39 is 0 Å². The molecule has 1 aromatic heterocycles. The number of aryl methyl sites for hydroxylation is 2. The predicted octanol–water partition coefficient (Wildman–Crippen LogP) is 2.57. The smallest absolute Gasteiger partial charge is 0.339 e. The minimum absolute atomic E-state index is 0.0189. The summed E-state index contributed by atoms with van der Waals surface area (Å²) in [6.07, 6.45) is 6.10. The van der Waals surface area contributed by atoms with Crippen molar-refractivity contribution < 1.29 is 13.9 Å². The summed E-state index contributed by atoms with van der Waals surface area (Å²) in [6.45, 7) is 5.59. The van der Waals surface area contributed by atoms with E-state index in [4.69, 9.17) is 9.15 Å². The zero-order chi connectivity index (χ0) is 20.0. The molecule has 29 heavy (non-hydrogen) atoms. The molecule has 0 radical (unpaired) electrons. The number of piperidine rings is 1. The number of amides is 1. The molecule has 6 nitrogen and oxygen atoms in total. The second-order valence-corrected chi connectivity index (χ2v) is 8.90. The monoisotopic (exact) mass is 396 g/mol. The maximum absolute atomic E-state index is 12.8. The van der Waals surface area contributed by atoms with Gasteiger partial charge in [0.15, 0.2) is 6.61 Å². The molecule has 2 saturated heterocycles. The van der Waals surface area contributed by atoms with Gasteiger partial charge in [-0.3, -0.25) is 4.79 Å². The van der Waals surface area contributed by atoms with Crippen LogP contribution in [0.4, 0.5) is 0 Å². The van der Waals surface area contributed by atoms with Gasteiger partial charge in [-0.2, -0.15) is 0 Å². The highest BCUT2D eigenvalue weighted by atomic mass is 16.5. The molecule has 6 heteroatoms. The average Bonchev–Trinajstić information content (AvgIpc) is 3.38. The fourth-order valence-corrected chi connectivity index (χ4v) is 5.42. The molecule has 154 valence electrons. The molecule has 1 unspecified atom stereocenters. The fraction of sp³-hybridized carbons (Fsp3) is 0.565. The molecular formula is C23H28N2O4. The second-order valence-electron chi connectivity index (χ2n) is 8.90. The second kappa shape index (κ2) is 7.17. The van der Waals surface area contributed by atoms with Crippen LogP contribution in [0.25, 0.3) is 11.0 Å². The summed E-state index contributed by atoms with van der Waals surface area (Å²) < 4.78 is 11.5. The van der Waals surface area contributed by atoms with Gasteiger partial charge in [0.05, 0.1) is 0 Å². The lowest BCUT2D eigenvalue weighted by atomic mass is 9.79. The third-order valence-corrected chi connectivity index (χ3v) is 7.04. The van der Waals surface area contributed by atoms with Crippen molar-refractivity contribution in [3.63, 3.8) is 0 Å². The quantitative estimate of drug-likeness (QED) is 0.808. The molecule has 3 aliphatic rings. The predicted molar refractivity (Wildman–Crippen MR) is 110 cm³/mol. The lowest BCUT2D eigenvalue weighted by molar-refractivity contribution is -0.136. The minimum atomic E-state index is -0.231. The molecule has 3 heterocycles. The Morgan fingerprint density at radius 1 is 1.24 bits per heavy atom. The fourth-order valence-electron chi connectivity index (χ4n) is 5.42. The Labute approximate surface area is 170 Å². The Morgan fingerprint density at radius 2 is 2.10 bits per heavy atom. The van der Waals surface area contributed by atoms with Crippen LogP contribution in [0.1, 0.15) is 42.4 Å². The van der Waals surface area contributed by atoms with Crippen LogP contribution in [-0.4, -0.2) is 43.6 Å². The number of ether oxygens (including phenoxy) is 1. The topological polar surface area (TPSA) is 71.8 Å². The van der Waals surface area contributed by atoms with Crippen LogP contribution in [-0.2, 0) is 17.6 Å². The maximum Gasteiger partial charge on any atom is 0.339 e. The number of carbonyl (C=O) groups excluding carboxylic acids is 1. The van der Waals surface area contributed by atoms with Crippen LogP contribution in [0, 0.1) is 12.3 Å². The Hall–Kier alpha value is -2.34. The summed E-state index contributed by atoms with van der Waals surface area (Å²) in [6, 6.07) is 3.87. The summed E-state index contributed by atoms with van der Waals surface area (Å²) in [4.78, 5) is 27.1. The SMILES string of the molecule is Cc1c(OCC(=O)N2CCCC3(CCNC3)C2)ccc2c3c(c(=O)oc12)CCC3. The van der Waals surface area contributed by atoms with E-state index in [-0.39, 0.29) is 23.6 Å². The third kappa shape index (κ3) is 3.23. The van der Waals surface area contributed by atoms with Crippen LogP contribution >= 0.6 is 0 Å². The number of likely N-dealkylation sites (tertiary alicyclic amines) is 1. The van der Waals surface area contributed by atoms with Gasteiger partial charge < -0.3 is 19.4 Å². The first-order valence-electron chi connectivity index (χ1n) is 10.8. The first kappa shape index (κ1) is 18.7. The molecule has 1 N–H and O–H groups in total. The van der Waals surface area contributed by atoms with Crippen LogP contribution in [0.2, 0.25) is 0 Å². The van der Waals surface area contributed by atoms with Gasteiger partial charge in [0.2, 0.25) is 0 Å². The molecule has 2 aliphatic heterocycles. The molecular weight excluding hydrogens is 368 g/mol. The van der Waals surface area contributed by atoms with Gasteiger partial charge in [-0.1, -0.05) is 0 Å². The van der Waals surface area contributed by atoms with E-state index in [1.807, 2.05) is 24.0 Å². The van der Waals surface area contributed by atoms with Gasteiger partial charge in [-0.05, 0) is 69.7 Å². The van der Waals surface area contributed by atoms with Crippen molar-refractivity contribution in [1.29, 1.82) is 0 Å². The van der Waals surface area contributed by atoms with Gasteiger partial charge in [0.1, 0.15) is 11.3 Å². The number of rotatable bonds is 3. The Kier molecular flexibility index (Phi) is 4.62. The molecule has 2 fully saturated rings. The Bertz CT molecular complexity index is 1020. The Balaban J connectivity index is 1.33. The minimum Gasteiger partial charge on any atom is -0.483 e. The summed E-state index contributed by atoms with van der Waals surface area (Å²) in [5, 5.41) is 4.44. The van der Waals surface area contributed by atoms with E-state index in [1.54, 1.807) is 0 Å². The number of nitrogens with one attached hydrogen (secondary N) is 1. The molecule has 0 saturated carbocycles. The highest BCUT2D eigenvalue weighted by molar-refractivity contribution is 5.86. The molecule has 1 amide bonds. The first-order chi connectivity index (χ1) is 14.1. The van der Waals surface area contributed by atoms with Crippen molar-refractivity contribution >= 4 is 16.9 Å². The Morgan fingerprint density at radius 3 is 2.93 bits per heavy atom.